The second kappa shape index (κ2) is 7.65. The van der Waals surface area contributed by atoms with E-state index in [0.29, 0.717) is 12.2 Å². The van der Waals surface area contributed by atoms with Crippen LogP contribution in [0.3, 0.4) is 0 Å². The smallest absolute Gasteiger partial charge is 0.410 e. The molecular weight excluding hydrogens is 270 g/mol. The number of benzene rings is 1. The molecule has 0 aliphatic heterocycles. The summed E-state index contributed by atoms with van der Waals surface area (Å²) < 4.78 is 23.8. The highest BCUT2D eigenvalue weighted by Crippen LogP contribution is 2.12. The third-order valence-electron chi connectivity index (χ3n) is 2.13. The van der Waals surface area contributed by atoms with Crippen LogP contribution in [-0.2, 0) is 22.3 Å². The maximum Gasteiger partial charge on any atom is 0.412 e. The van der Waals surface area contributed by atoms with Gasteiger partial charge in [0.1, 0.15) is 11.5 Å². The summed E-state index contributed by atoms with van der Waals surface area (Å²) in [6.07, 6.45) is -0.348. The molecule has 0 aromatic heterocycles. The fourth-order valence-electron chi connectivity index (χ4n) is 1.35. The minimum absolute atomic E-state index is 0.0490. The molecule has 1 aromatic rings. The molecule has 0 heterocycles. The molecule has 0 bridgehead atoms. The van der Waals surface area contributed by atoms with Crippen molar-refractivity contribution < 1.29 is 23.1 Å². The Hall–Kier alpha value is -1.73. The molecule has 0 radical (unpaired) electrons. The minimum Gasteiger partial charge on any atom is -0.410 e. The van der Waals surface area contributed by atoms with Gasteiger partial charge in [0.15, 0.2) is 11.1 Å². The number of carbonyl (C=O) groups excluding carboxylic acids is 2. The van der Waals surface area contributed by atoms with Crippen molar-refractivity contribution >= 4 is 23.0 Å². The van der Waals surface area contributed by atoms with Crippen LogP contribution in [0.4, 0.5) is 4.79 Å². The molecule has 0 saturated heterocycles. The summed E-state index contributed by atoms with van der Waals surface area (Å²) in [6.45, 7) is 1.56. The maximum absolute atomic E-state index is 11.3. The molecule has 0 aliphatic carbocycles. The van der Waals surface area contributed by atoms with Crippen LogP contribution in [0.2, 0.25) is 0 Å². The number of carbonyl (C=O) groups is 2. The largest absolute Gasteiger partial charge is 0.412 e. The van der Waals surface area contributed by atoms with E-state index >= 15 is 0 Å². The minimum atomic E-state index is -1.94. The number of Topliss-reactive ketones (excluding diaryl/α,β-unsaturated/α-hetero) is 1. The van der Waals surface area contributed by atoms with Crippen LogP contribution in [0.1, 0.15) is 12.5 Å². The van der Waals surface area contributed by atoms with Crippen molar-refractivity contribution in [3.63, 3.8) is 0 Å². The Labute approximate surface area is 113 Å². The van der Waals surface area contributed by atoms with Crippen LogP contribution in [0, 0.1) is 0 Å². The standard InChI is InChI=1S/C12H15NO5S/c1-9(14)8-10-2-4-11(5-3-10)18-12(15)13-6-7-19(16)17/h2-5H,6-8H2,1H3,(H,13,15)(H,16,17). The average Bonchev–Trinajstić information content (AvgIpc) is 2.30. The second-order valence-electron chi connectivity index (χ2n) is 3.86. The van der Waals surface area contributed by atoms with Crippen molar-refractivity contribution in [1.82, 2.24) is 5.32 Å². The van der Waals surface area contributed by atoms with Crippen molar-refractivity contribution in [3.8, 4) is 5.75 Å². The van der Waals surface area contributed by atoms with E-state index in [9.17, 15) is 13.8 Å². The van der Waals surface area contributed by atoms with Crippen LogP contribution in [0.25, 0.3) is 0 Å². The van der Waals surface area contributed by atoms with Crippen LogP contribution in [-0.4, -0.2) is 32.9 Å². The van der Waals surface area contributed by atoms with Gasteiger partial charge in [-0.1, -0.05) is 12.1 Å². The molecule has 0 spiro atoms. The maximum atomic E-state index is 11.3. The first-order chi connectivity index (χ1) is 8.97. The highest BCUT2D eigenvalue weighted by Gasteiger charge is 2.05. The van der Waals surface area contributed by atoms with Crippen molar-refractivity contribution in [2.45, 2.75) is 13.3 Å². The first kappa shape index (κ1) is 15.3. The first-order valence-electron chi connectivity index (χ1n) is 5.59. The summed E-state index contributed by atoms with van der Waals surface area (Å²) in [5, 5.41) is 2.34. The van der Waals surface area contributed by atoms with Gasteiger partial charge in [-0.05, 0) is 24.6 Å². The van der Waals surface area contributed by atoms with Gasteiger partial charge < -0.3 is 14.6 Å². The lowest BCUT2D eigenvalue weighted by atomic mass is 10.1. The molecule has 1 aromatic carbocycles. The van der Waals surface area contributed by atoms with E-state index in [0.717, 1.165) is 5.56 Å². The number of hydrogen-bond donors (Lipinski definition) is 2. The van der Waals surface area contributed by atoms with E-state index < -0.39 is 17.2 Å². The summed E-state index contributed by atoms with van der Waals surface area (Å²) in [5.41, 5.74) is 0.843. The first-order valence-corrected chi connectivity index (χ1v) is 6.86. The van der Waals surface area contributed by atoms with Crippen LogP contribution >= 0.6 is 0 Å². The zero-order valence-electron chi connectivity index (χ0n) is 10.4. The van der Waals surface area contributed by atoms with E-state index in [2.05, 4.69) is 5.32 Å². The van der Waals surface area contributed by atoms with Gasteiger partial charge in [0.2, 0.25) is 0 Å². The Morgan fingerprint density at radius 3 is 2.47 bits per heavy atom. The van der Waals surface area contributed by atoms with Gasteiger partial charge >= 0.3 is 6.09 Å². The Morgan fingerprint density at radius 2 is 1.95 bits per heavy atom. The van der Waals surface area contributed by atoms with E-state index in [4.69, 9.17) is 9.29 Å². The predicted molar refractivity (Wildman–Crippen MR) is 70.5 cm³/mol. The molecule has 1 unspecified atom stereocenters. The van der Waals surface area contributed by atoms with Crippen LogP contribution in [0.5, 0.6) is 5.75 Å². The highest BCUT2D eigenvalue weighted by atomic mass is 32.2. The molecule has 19 heavy (non-hydrogen) atoms. The molecule has 104 valence electrons. The Kier molecular flexibility index (Phi) is 6.17. The van der Waals surface area contributed by atoms with Crippen LogP contribution in [0.15, 0.2) is 24.3 Å². The monoisotopic (exact) mass is 285 g/mol. The number of nitrogens with one attached hydrogen (secondary N) is 1. The van der Waals surface area contributed by atoms with Gasteiger partial charge in [-0.2, -0.15) is 0 Å². The number of ether oxygens (including phenoxy) is 1. The molecular formula is C12H15NO5S. The van der Waals surface area contributed by atoms with E-state index in [1.54, 1.807) is 24.3 Å². The summed E-state index contributed by atoms with van der Waals surface area (Å²) in [4.78, 5) is 22.2. The summed E-state index contributed by atoms with van der Waals surface area (Å²) in [7, 11) is 0. The van der Waals surface area contributed by atoms with Gasteiger partial charge in [0, 0.05) is 13.0 Å². The molecule has 0 aliphatic rings. The number of rotatable bonds is 6. The quantitative estimate of drug-likeness (QED) is 0.764. The topological polar surface area (TPSA) is 92.7 Å². The van der Waals surface area contributed by atoms with E-state index in [-0.39, 0.29) is 18.1 Å². The van der Waals surface area contributed by atoms with Gasteiger partial charge in [-0.25, -0.2) is 9.00 Å². The van der Waals surface area contributed by atoms with Gasteiger partial charge in [-0.3, -0.25) is 4.79 Å². The second-order valence-corrected chi connectivity index (χ2v) is 4.92. The van der Waals surface area contributed by atoms with Gasteiger partial charge in [0.05, 0.1) is 5.75 Å². The molecule has 2 N–H and O–H groups in total. The van der Waals surface area contributed by atoms with Crippen molar-refractivity contribution in [1.29, 1.82) is 0 Å². The predicted octanol–water partition coefficient (Wildman–Crippen LogP) is 1.13. The fraction of sp³-hybridized carbons (Fsp3) is 0.333. The fourth-order valence-corrected chi connectivity index (χ4v) is 1.62. The summed E-state index contributed by atoms with van der Waals surface area (Å²) in [5.74, 6) is 0.352. The molecule has 1 atom stereocenters. The van der Waals surface area contributed by atoms with Crippen molar-refractivity contribution in [2.24, 2.45) is 0 Å². The van der Waals surface area contributed by atoms with Gasteiger partial charge in [0.25, 0.3) is 0 Å². The molecule has 1 rings (SSSR count). The van der Waals surface area contributed by atoms with Crippen molar-refractivity contribution in [3.05, 3.63) is 29.8 Å². The zero-order valence-corrected chi connectivity index (χ0v) is 11.2. The average molecular weight is 285 g/mol. The number of hydrogen-bond acceptors (Lipinski definition) is 4. The normalized spacial score (nSPS) is 11.7. The molecule has 0 fully saturated rings. The number of ketones is 1. The molecule has 6 nitrogen and oxygen atoms in total. The molecule has 0 saturated carbocycles. The lowest BCUT2D eigenvalue weighted by molar-refractivity contribution is -0.116. The Balaban J connectivity index is 2.42. The lowest BCUT2D eigenvalue weighted by Gasteiger charge is -2.06. The van der Waals surface area contributed by atoms with Gasteiger partial charge in [-0.15, -0.1) is 0 Å². The third kappa shape index (κ3) is 6.68. The third-order valence-corrected chi connectivity index (χ3v) is 2.69. The summed E-state index contributed by atoms with van der Waals surface area (Å²) in [6, 6.07) is 6.57. The lowest BCUT2D eigenvalue weighted by Crippen LogP contribution is -2.30. The Bertz CT molecular complexity index is 472. The zero-order chi connectivity index (χ0) is 14.3. The molecule has 1 amide bonds. The van der Waals surface area contributed by atoms with E-state index in [1.807, 2.05) is 0 Å². The Morgan fingerprint density at radius 1 is 1.32 bits per heavy atom. The van der Waals surface area contributed by atoms with E-state index in [1.165, 1.54) is 6.92 Å². The highest BCUT2D eigenvalue weighted by molar-refractivity contribution is 7.79. The van der Waals surface area contributed by atoms with Crippen LogP contribution < -0.4 is 10.1 Å². The summed E-state index contributed by atoms with van der Waals surface area (Å²) >= 11 is -1.94. The number of amides is 1. The molecule has 7 heteroatoms. The van der Waals surface area contributed by atoms with Crippen molar-refractivity contribution in [2.75, 3.05) is 12.3 Å². The SMILES string of the molecule is CC(=O)Cc1ccc(OC(=O)NCCS(=O)O)cc1.